The molecular weight excluding hydrogens is 451 g/mol. The molecule has 0 aliphatic heterocycles. The molecule has 1 atom stereocenters. The third-order valence-electron chi connectivity index (χ3n) is 5.18. The average molecular weight is 479 g/mol. The Morgan fingerprint density at radius 3 is 2.46 bits per heavy atom. The zero-order chi connectivity index (χ0) is 25.0. The first kappa shape index (κ1) is 25.4. The molecule has 4 N–H and O–H groups in total. The number of carbonyl (C=O) groups excluding carboxylic acids is 2. The third-order valence-corrected chi connectivity index (χ3v) is 5.18. The summed E-state index contributed by atoms with van der Waals surface area (Å²) < 4.78 is 13.2. The highest BCUT2D eigenvalue weighted by Gasteiger charge is 2.19. The number of nitrogens with zero attached hydrogens (tertiary/aromatic N) is 1. The van der Waals surface area contributed by atoms with Crippen LogP contribution in [0.2, 0.25) is 0 Å². The van der Waals surface area contributed by atoms with Crippen molar-refractivity contribution in [3.63, 3.8) is 0 Å². The molecule has 8 nitrogen and oxygen atoms in total. The molecular formula is C26H27FN4O4. The van der Waals surface area contributed by atoms with Gasteiger partial charge in [-0.1, -0.05) is 36.4 Å². The number of carbonyl (C=O) groups is 3. The van der Waals surface area contributed by atoms with E-state index in [1.54, 1.807) is 36.5 Å². The van der Waals surface area contributed by atoms with E-state index in [4.69, 9.17) is 0 Å². The number of halogens is 1. The summed E-state index contributed by atoms with van der Waals surface area (Å²) in [7, 11) is 0. The summed E-state index contributed by atoms with van der Waals surface area (Å²) in [6.07, 6.45) is 2.13. The van der Waals surface area contributed by atoms with Crippen molar-refractivity contribution in [2.75, 3.05) is 18.4 Å². The SMILES string of the molecule is O=C(O)CC(NC(=O)CNC(=O)CCCNc1ccccn1)c1cccc(-c2ccc(F)cc2)c1. The first-order chi connectivity index (χ1) is 16.9. The number of amides is 2. The first-order valence-corrected chi connectivity index (χ1v) is 11.2. The number of carboxylic acid groups (broad SMARTS) is 1. The molecule has 0 radical (unpaired) electrons. The van der Waals surface area contributed by atoms with Gasteiger partial charge in [-0.2, -0.15) is 0 Å². The Balaban J connectivity index is 1.51. The average Bonchev–Trinajstić information content (AvgIpc) is 2.86. The van der Waals surface area contributed by atoms with Crippen LogP contribution >= 0.6 is 0 Å². The number of aliphatic carboxylic acids is 1. The number of benzene rings is 2. The number of hydrogen-bond acceptors (Lipinski definition) is 5. The molecule has 35 heavy (non-hydrogen) atoms. The lowest BCUT2D eigenvalue weighted by molar-refractivity contribution is -0.138. The molecule has 0 aliphatic carbocycles. The maximum Gasteiger partial charge on any atom is 0.305 e. The summed E-state index contributed by atoms with van der Waals surface area (Å²) in [6, 6.07) is 17.7. The normalized spacial score (nSPS) is 11.3. The zero-order valence-corrected chi connectivity index (χ0v) is 19.0. The van der Waals surface area contributed by atoms with Crippen LogP contribution in [0.15, 0.2) is 72.9 Å². The molecule has 1 unspecified atom stereocenters. The molecule has 0 aliphatic rings. The number of anilines is 1. The van der Waals surface area contributed by atoms with Crippen molar-refractivity contribution < 1.29 is 23.9 Å². The van der Waals surface area contributed by atoms with Crippen LogP contribution in [0.1, 0.15) is 30.9 Å². The van der Waals surface area contributed by atoms with Gasteiger partial charge in [0.15, 0.2) is 0 Å². The van der Waals surface area contributed by atoms with Crippen molar-refractivity contribution in [2.45, 2.75) is 25.3 Å². The van der Waals surface area contributed by atoms with E-state index in [-0.39, 0.29) is 31.1 Å². The third kappa shape index (κ3) is 8.54. The van der Waals surface area contributed by atoms with Gasteiger partial charge in [-0.3, -0.25) is 14.4 Å². The lowest BCUT2D eigenvalue weighted by atomic mass is 9.97. The lowest BCUT2D eigenvalue weighted by Crippen LogP contribution is -2.39. The maximum atomic E-state index is 13.2. The maximum absolute atomic E-state index is 13.2. The molecule has 2 aromatic carbocycles. The van der Waals surface area contributed by atoms with E-state index in [0.29, 0.717) is 18.5 Å². The van der Waals surface area contributed by atoms with Crippen molar-refractivity contribution in [3.05, 3.63) is 84.3 Å². The second-order valence-electron chi connectivity index (χ2n) is 7.87. The monoisotopic (exact) mass is 478 g/mol. The second kappa shape index (κ2) is 12.8. The van der Waals surface area contributed by atoms with Crippen molar-refractivity contribution in [2.24, 2.45) is 0 Å². The lowest BCUT2D eigenvalue weighted by Gasteiger charge is -2.19. The predicted octanol–water partition coefficient (Wildman–Crippen LogP) is 3.53. The van der Waals surface area contributed by atoms with Gasteiger partial charge >= 0.3 is 5.97 Å². The molecule has 1 heterocycles. The van der Waals surface area contributed by atoms with Crippen LogP contribution < -0.4 is 16.0 Å². The van der Waals surface area contributed by atoms with Crippen LogP contribution in [-0.4, -0.2) is 41.0 Å². The van der Waals surface area contributed by atoms with E-state index in [1.807, 2.05) is 24.3 Å². The van der Waals surface area contributed by atoms with E-state index in [9.17, 15) is 23.9 Å². The molecule has 0 saturated heterocycles. The second-order valence-corrected chi connectivity index (χ2v) is 7.87. The minimum absolute atomic E-state index is 0.228. The molecule has 9 heteroatoms. The molecule has 3 rings (SSSR count). The van der Waals surface area contributed by atoms with Crippen molar-refractivity contribution >= 4 is 23.6 Å². The van der Waals surface area contributed by atoms with Gasteiger partial charge < -0.3 is 21.1 Å². The quantitative estimate of drug-likeness (QED) is 0.296. The predicted molar refractivity (Wildman–Crippen MR) is 130 cm³/mol. The Morgan fingerprint density at radius 1 is 0.943 bits per heavy atom. The highest BCUT2D eigenvalue weighted by Crippen LogP contribution is 2.25. The van der Waals surface area contributed by atoms with Gasteiger partial charge in [-0.05, 0) is 53.4 Å². The number of pyridine rings is 1. The molecule has 0 saturated carbocycles. The fraction of sp³-hybridized carbons (Fsp3) is 0.231. The summed E-state index contributed by atoms with van der Waals surface area (Å²) in [6.45, 7) is 0.294. The number of rotatable bonds is 12. The Hall–Kier alpha value is -4.27. The smallest absolute Gasteiger partial charge is 0.305 e. The molecule has 2 amide bonds. The molecule has 0 bridgehead atoms. The molecule has 0 spiro atoms. The van der Waals surface area contributed by atoms with E-state index in [1.165, 1.54) is 12.1 Å². The van der Waals surface area contributed by atoms with E-state index < -0.39 is 17.9 Å². The Kier molecular flexibility index (Phi) is 9.30. The minimum Gasteiger partial charge on any atom is -0.481 e. The summed E-state index contributed by atoms with van der Waals surface area (Å²) in [5.41, 5.74) is 2.12. The minimum atomic E-state index is -1.08. The Labute approximate surface area is 202 Å². The van der Waals surface area contributed by atoms with Gasteiger partial charge in [0, 0.05) is 19.2 Å². The molecule has 1 aromatic heterocycles. The van der Waals surface area contributed by atoms with Crippen LogP contribution in [0.4, 0.5) is 10.2 Å². The number of aromatic nitrogens is 1. The molecule has 182 valence electrons. The van der Waals surface area contributed by atoms with Crippen LogP contribution in [0, 0.1) is 5.82 Å². The Bertz CT molecular complexity index is 1140. The Morgan fingerprint density at radius 2 is 1.74 bits per heavy atom. The highest BCUT2D eigenvalue weighted by molar-refractivity contribution is 5.85. The summed E-state index contributed by atoms with van der Waals surface area (Å²) >= 11 is 0. The van der Waals surface area contributed by atoms with E-state index in [0.717, 1.165) is 16.9 Å². The van der Waals surface area contributed by atoms with Crippen LogP contribution in [-0.2, 0) is 14.4 Å². The van der Waals surface area contributed by atoms with Crippen LogP contribution in [0.3, 0.4) is 0 Å². The summed E-state index contributed by atoms with van der Waals surface area (Å²) in [5, 5.41) is 17.7. The fourth-order valence-corrected chi connectivity index (χ4v) is 3.45. The van der Waals surface area contributed by atoms with Gasteiger partial charge in [0.25, 0.3) is 0 Å². The van der Waals surface area contributed by atoms with Gasteiger partial charge in [0.05, 0.1) is 19.0 Å². The number of nitrogens with one attached hydrogen (secondary N) is 3. The topological polar surface area (TPSA) is 120 Å². The number of hydrogen-bond donors (Lipinski definition) is 4. The van der Waals surface area contributed by atoms with Crippen LogP contribution in [0.25, 0.3) is 11.1 Å². The summed E-state index contributed by atoms with van der Waals surface area (Å²) in [5.74, 6) is -1.49. The highest BCUT2D eigenvalue weighted by atomic mass is 19.1. The summed E-state index contributed by atoms with van der Waals surface area (Å²) in [4.78, 5) is 40.0. The van der Waals surface area contributed by atoms with Crippen LogP contribution in [0.5, 0.6) is 0 Å². The largest absolute Gasteiger partial charge is 0.481 e. The van der Waals surface area contributed by atoms with E-state index in [2.05, 4.69) is 20.9 Å². The molecule has 0 fully saturated rings. The van der Waals surface area contributed by atoms with Gasteiger partial charge in [-0.15, -0.1) is 0 Å². The number of carboxylic acids is 1. The van der Waals surface area contributed by atoms with Crippen molar-refractivity contribution in [1.29, 1.82) is 0 Å². The van der Waals surface area contributed by atoms with Gasteiger partial charge in [0.1, 0.15) is 11.6 Å². The first-order valence-electron chi connectivity index (χ1n) is 11.2. The molecule has 3 aromatic rings. The van der Waals surface area contributed by atoms with E-state index >= 15 is 0 Å². The van der Waals surface area contributed by atoms with Crippen molar-refractivity contribution in [3.8, 4) is 11.1 Å². The fourth-order valence-electron chi connectivity index (χ4n) is 3.45. The standard InChI is InChI=1S/C26H27FN4O4/c27-21-11-9-18(10-12-21)19-5-3-6-20(15-19)22(16-26(34)35)31-25(33)17-30-24(32)8-4-14-29-23-7-1-2-13-28-23/h1-3,5-7,9-13,15,22H,4,8,14,16-17H2,(H,28,29)(H,30,32)(H,31,33)(H,34,35). The zero-order valence-electron chi connectivity index (χ0n) is 19.0. The van der Waals surface area contributed by atoms with Crippen molar-refractivity contribution in [1.82, 2.24) is 15.6 Å². The van der Waals surface area contributed by atoms with Gasteiger partial charge in [-0.25, -0.2) is 9.37 Å². The van der Waals surface area contributed by atoms with Gasteiger partial charge in [0.2, 0.25) is 11.8 Å².